The predicted molar refractivity (Wildman–Crippen MR) is 49.1 cm³/mol. The Bertz CT molecular complexity index is 372. The van der Waals surface area contributed by atoms with E-state index in [-0.39, 0.29) is 11.4 Å². The van der Waals surface area contributed by atoms with Gasteiger partial charge in [-0.25, -0.2) is 0 Å². The highest BCUT2D eigenvalue weighted by atomic mass is 16.1. The van der Waals surface area contributed by atoms with Crippen molar-refractivity contribution in [1.82, 2.24) is 0 Å². The molecule has 0 saturated carbocycles. The van der Waals surface area contributed by atoms with Crippen molar-refractivity contribution >= 4 is 24.0 Å². The lowest BCUT2D eigenvalue weighted by atomic mass is 10.1. The number of carbonyl (C=O) groups excluding carboxylic acids is 2. The summed E-state index contributed by atoms with van der Waals surface area (Å²) in [5.74, 6) is 0. The highest BCUT2D eigenvalue weighted by Gasteiger charge is 2.04. The van der Waals surface area contributed by atoms with E-state index < -0.39 is 0 Å². The summed E-state index contributed by atoms with van der Waals surface area (Å²) in [7, 11) is 0. The molecular formula is C9H8N2O2. The van der Waals surface area contributed by atoms with Gasteiger partial charge in [0.2, 0.25) is 0 Å². The Morgan fingerprint density at radius 1 is 1.38 bits per heavy atom. The zero-order valence-electron chi connectivity index (χ0n) is 6.78. The zero-order valence-corrected chi connectivity index (χ0v) is 6.78. The maximum atomic E-state index is 10.3. The summed E-state index contributed by atoms with van der Waals surface area (Å²) in [5, 5.41) is 7.21. The van der Waals surface area contributed by atoms with Crippen LogP contribution in [0, 0.1) is 5.41 Å². The van der Waals surface area contributed by atoms with Gasteiger partial charge in [-0.1, -0.05) is 6.07 Å². The van der Waals surface area contributed by atoms with E-state index in [1.807, 2.05) is 0 Å². The fourth-order valence-electron chi connectivity index (χ4n) is 0.963. The summed E-state index contributed by atoms with van der Waals surface area (Å²) >= 11 is 0. The van der Waals surface area contributed by atoms with Crippen molar-refractivity contribution < 1.29 is 9.59 Å². The van der Waals surface area contributed by atoms with Crippen LogP contribution in [0.5, 0.6) is 0 Å². The maximum absolute atomic E-state index is 10.3. The SMILES string of the molecule is N=C(C=O)c1ccc(C=O)cc1N. The Morgan fingerprint density at radius 3 is 2.54 bits per heavy atom. The van der Waals surface area contributed by atoms with E-state index >= 15 is 0 Å². The molecule has 0 radical (unpaired) electrons. The highest BCUT2D eigenvalue weighted by Crippen LogP contribution is 2.12. The summed E-state index contributed by atoms with van der Waals surface area (Å²) in [5.41, 5.74) is 6.37. The van der Waals surface area contributed by atoms with Crippen LogP contribution in [0.25, 0.3) is 0 Å². The molecule has 66 valence electrons. The van der Waals surface area contributed by atoms with Gasteiger partial charge in [-0.2, -0.15) is 0 Å². The van der Waals surface area contributed by atoms with Crippen molar-refractivity contribution in [1.29, 1.82) is 5.41 Å². The molecule has 0 fully saturated rings. The van der Waals surface area contributed by atoms with Crippen molar-refractivity contribution in [3.8, 4) is 0 Å². The van der Waals surface area contributed by atoms with Gasteiger partial charge in [0.05, 0.1) is 0 Å². The van der Waals surface area contributed by atoms with Crippen LogP contribution in [0.3, 0.4) is 0 Å². The number of hydrogen-bond acceptors (Lipinski definition) is 4. The highest BCUT2D eigenvalue weighted by molar-refractivity contribution is 6.36. The van der Waals surface area contributed by atoms with E-state index in [1.54, 1.807) is 0 Å². The van der Waals surface area contributed by atoms with Crippen molar-refractivity contribution in [2.24, 2.45) is 0 Å². The Kier molecular flexibility index (Phi) is 2.54. The molecule has 4 heteroatoms. The fraction of sp³-hybridized carbons (Fsp3) is 0. The number of hydrogen-bond donors (Lipinski definition) is 2. The summed E-state index contributed by atoms with van der Waals surface area (Å²) in [4.78, 5) is 20.6. The Hall–Kier alpha value is -1.97. The van der Waals surface area contributed by atoms with Crippen molar-refractivity contribution in [3.63, 3.8) is 0 Å². The van der Waals surface area contributed by atoms with E-state index in [0.29, 0.717) is 23.7 Å². The topological polar surface area (TPSA) is 84.0 Å². The van der Waals surface area contributed by atoms with Crippen LogP contribution in [0.2, 0.25) is 0 Å². The van der Waals surface area contributed by atoms with Crippen LogP contribution in [-0.4, -0.2) is 18.3 Å². The van der Waals surface area contributed by atoms with E-state index in [4.69, 9.17) is 11.1 Å². The van der Waals surface area contributed by atoms with E-state index in [2.05, 4.69) is 0 Å². The first-order valence-corrected chi connectivity index (χ1v) is 3.58. The van der Waals surface area contributed by atoms with Gasteiger partial charge in [-0.15, -0.1) is 0 Å². The first kappa shape index (κ1) is 9.12. The predicted octanol–water partition coefficient (Wildman–Crippen LogP) is 0.648. The molecule has 13 heavy (non-hydrogen) atoms. The number of aldehydes is 2. The third-order valence-electron chi connectivity index (χ3n) is 1.62. The van der Waals surface area contributed by atoms with Gasteiger partial charge in [0.1, 0.15) is 12.0 Å². The Balaban J connectivity index is 3.19. The number of nitrogens with two attached hydrogens (primary N) is 1. The second-order valence-electron chi connectivity index (χ2n) is 2.50. The standard InChI is InChI=1S/C9H8N2O2/c10-8-3-6(4-12)1-2-7(8)9(11)5-13/h1-5,11H,10H2. The van der Waals surface area contributed by atoms with Crippen LogP contribution in [0.4, 0.5) is 5.69 Å². The average Bonchev–Trinajstić information content (AvgIpc) is 2.16. The molecule has 0 heterocycles. The molecule has 0 aromatic heterocycles. The Labute approximate surface area is 74.9 Å². The first-order chi connectivity index (χ1) is 6.19. The number of nitrogen functional groups attached to an aromatic ring is 1. The van der Waals surface area contributed by atoms with Gasteiger partial charge in [0.15, 0.2) is 6.29 Å². The van der Waals surface area contributed by atoms with E-state index in [9.17, 15) is 9.59 Å². The molecule has 1 rings (SSSR count). The molecule has 1 aromatic rings. The number of carbonyl (C=O) groups is 2. The van der Waals surface area contributed by atoms with Crippen LogP contribution in [-0.2, 0) is 4.79 Å². The van der Waals surface area contributed by atoms with Crippen molar-refractivity contribution in [2.45, 2.75) is 0 Å². The normalized spacial score (nSPS) is 9.23. The minimum Gasteiger partial charge on any atom is -0.398 e. The summed E-state index contributed by atoms with van der Waals surface area (Å²) in [6.07, 6.45) is 1.07. The second-order valence-corrected chi connectivity index (χ2v) is 2.50. The molecule has 1 aromatic carbocycles. The lowest BCUT2D eigenvalue weighted by molar-refractivity contribution is -0.102. The minimum atomic E-state index is -0.185. The van der Waals surface area contributed by atoms with Gasteiger partial charge in [-0.05, 0) is 12.1 Å². The number of benzene rings is 1. The molecule has 0 saturated heterocycles. The Morgan fingerprint density at radius 2 is 2.08 bits per heavy atom. The first-order valence-electron chi connectivity index (χ1n) is 3.58. The van der Waals surface area contributed by atoms with Crippen LogP contribution >= 0.6 is 0 Å². The van der Waals surface area contributed by atoms with Crippen molar-refractivity contribution in [3.05, 3.63) is 29.3 Å². The van der Waals surface area contributed by atoms with Crippen LogP contribution < -0.4 is 5.73 Å². The second kappa shape index (κ2) is 3.62. The molecule has 0 amide bonds. The summed E-state index contributed by atoms with van der Waals surface area (Å²) in [6, 6.07) is 4.42. The zero-order chi connectivity index (χ0) is 9.84. The van der Waals surface area contributed by atoms with Crippen molar-refractivity contribution in [2.75, 3.05) is 5.73 Å². The largest absolute Gasteiger partial charge is 0.398 e. The number of rotatable bonds is 3. The molecule has 0 aliphatic heterocycles. The molecule has 0 unspecified atom stereocenters. The van der Waals surface area contributed by atoms with E-state index in [0.717, 1.165) is 0 Å². The van der Waals surface area contributed by atoms with Gasteiger partial charge in [0, 0.05) is 16.8 Å². The molecule has 3 N–H and O–H groups in total. The van der Waals surface area contributed by atoms with Gasteiger partial charge in [-0.3, -0.25) is 15.0 Å². The molecule has 0 aliphatic rings. The molecule has 0 spiro atoms. The van der Waals surface area contributed by atoms with Gasteiger partial charge < -0.3 is 5.73 Å². The molecule has 0 atom stereocenters. The van der Waals surface area contributed by atoms with Crippen LogP contribution in [0.15, 0.2) is 18.2 Å². The lowest BCUT2D eigenvalue weighted by Crippen LogP contribution is -2.05. The molecule has 4 nitrogen and oxygen atoms in total. The van der Waals surface area contributed by atoms with Gasteiger partial charge in [0.25, 0.3) is 0 Å². The van der Waals surface area contributed by atoms with Gasteiger partial charge >= 0.3 is 0 Å². The maximum Gasteiger partial charge on any atom is 0.168 e. The summed E-state index contributed by atoms with van der Waals surface area (Å²) < 4.78 is 0. The quantitative estimate of drug-likeness (QED) is 0.403. The molecule has 0 aliphatic carbocycles. The summed E-state index contributed by atoms with van der Waals surface area (Å²) in [6.45, 7) is 0. The third-order valence-corrected chi connectivity index (χ3v) is 1.62. The smallest absolute Gasteiger partial charge is 0.168 e. The number of nitrogens with one attached hydrogen (secondary N) is 1. The monoisotopic (exact) mass is 176 g/mol. The lowest BCUT2D eigenvalue weighted by Gasteiger charge is -2.02. The third kappa shape index (κ3) is 1.79. The fourth-order valence-corrected chi connectivity index (χ4v) is 0.963. The van der Waals surface area contributed by atoms with Crippen LogP contribution in [0.1, 0.15) is 15.9 Å². The molecule has 0 bridgehead atoms. The average molecular weight is 176 g/mol. The van der Waals surface area contributed by atoms with E-state index in [1.165, 1.54) is 18.2 Å². The molecular weight excluding hydrogens is 168 g/mol. The number of anilines is 1. The minimum absolute atomic E-state index is 0.185.